The van der Waals surface area contributed by atoms with E-state index in [1.807, 2.05) is 12.1 Å². The molecule has 1 aliphatic heterocycles. The highest BCUT2D eigenvalue weighted by Gasteiger charge is 2.26. The van der Waals surface area contributed by atoms with Gasteiger partial charge in [0, 0.05) is 28.7 Å². The number of hydrogen-bond acceptors (Lipinski definition) is 2. The van der Waals surface area contributed by atoms with Crippen LogP contribution in [0.3, 0.4) is 0 Å². The second-order valence-electron chi connectivity index (χ2n) is 4.27. The molecule has 0 atom stereocenters. The van der Waals surface area contributed by atoms with Gasteiger partial charge in [0.05, 0.1) is 5.57 Å². The second kappa shape index (κ2) is 3.77. The van der Waals surface area contributed by atoms with Crippen LogP contribution in [0, 0.1) is 6.92 Å². The zero-order valence-electron chi connectivity index (χ0n) is 9.82. The van der Waals surface area contributed by atoms with E-state index in [1.165, 1.54) is 0 Å². The molecule has 1 amide bonds. The summed E-state index contributed by atoms with van der Waals surface area (Å²) in [7, 11) is 0. The number of hydrogen-bond donors (Lipinski definition) is 3. The summed E-state index contributed by atoms with van der Waals surface area (Å²) in [6.45, 7) is 1.80. The number of amides is 1. The van der Waals surface area contributed by atoms with Crippen LogP contribution in [-0.4, -0.2) is 16.0 Å². The van der Waals surface area contributed by atoms with E-state index in [-0.39, 0.29) is 11.7 Å². The third kappa shape index (κ3) is 1.50. The van der Waals surface area contributed by atoms with Gasteiger partial charge >= 0.3 is 0 Å². The molecule has 0 unspecified atom stereocenters. The average Bonchev–Trinajstić information content (AvgIpc) is 2.94. The quantitative estimate of drug-likeness (QED) is 0.529. The zero-order valence-corrected chi connectivity index (χ0v) is 9.82. The monoisotopic (exact) mass is 240 g/mol. The molecule has 18 heavy (non-hydrogen) atoms. The van der Waals surface area contributed by atoms with E-state index < -0.39 is 0 Å². The lowest BCUT2D eigenvalue weighted by Gasteiger charge is -2.05. The molecule has 1 aliphatic rings. The van der Waals surface area contributed by atoms with Gasteiger partial charge in [-0.05, 0) is 37.3 Å². The van der Waals surface area contributed by atoms with Crippen molar-refractivity contribution >= 4 is 23.2 Å². The number of anilines is 1. The molecule has 3 N–H and O–H groups in total. The molecule has 0 radical (unpaired) electrons. The number of aromatic amines is 1. The van der Waals surface area contributed by atoms with Gasteiger partial charge < -0.3 is 15.4 Å². The van der Waals surface area contributed by atoms with Gasteiger partial charge in [-0.3, -0.25) is 4.79 Å². The number of nitrogens with one attached hydrogen (secondary N) is 2. The lowest BCUT2D eigenvalue weighted by atomic mass is 10.00. The normalized spacial score (nSPS) is 15.8. The van der Waals surface area contributed by atoms with Crippen molar-refractivity contribution in [2.75, 3.05) is 5.32 Å². The van der Waals surface area contributed by atoms with Crippen molar-refractivity contribution < 1.29 is 9.90 Å². The van der Waals surface area contributed by atoms with Crippen LogP contribution in [0.5, 0.6) is 5.75 Å². The summed E-state index contributed by atoms with van der Waals surface area (Å²) in [5, 5.41) is 12.5. The molecule has 90 valence electrons. The largest absolute Gasteiger partial charge is 0.508 e. The Bertz CT molecular complexity index is 655. The Balaban J connectivity index is 2.20. The van der Waals surface area contributed by atoms with Crippen LogP contribution in [0.1, 0.15) is 16.8 Å². The van der Waals surface area contributed by atoms with Gasteiger partial charge in [0.2, 0.25) is 0 Å². The molecule has 0 saturated heterocycles. The summed E-state index contributed by atoms with van der Waals surface area (Å²) in [4.78, 5) is 15.0. The fraction of sp³-hybridized carbons (Fsp3) is 0.0714. The van der Waals surface area contributed by atoms with Crippen molar-refractivity contribution in [1.29, 1.82) is 0 Å². The van der Waals surface area contributed by atoms with Crippen LogP contribution >= 0.6 is 0 Å². The van der Waals surface area contributed by atoms with E-state index in [4.69, 9.17) is 0 Å². The molecule has 4 nitrogen and oxygen atoms in total. The molecule has 0 saturated carbocycles. The Morgan fingerprint density at radius 2 is 2.11 bits per heavy atom. The third-order valence-electron chi connectivity index (χ3n) is 3.12. The highest BCUT2D eigenvalue weighted by molar-refractivity contribution is 6.35. The first-order chi connectivity index (χ1) is 8.66. The van der Waals surface area contributed by atoms with Gasteiger partial charge in [0.25, 0.3) is 5.91 Å². The van der Waals surface area contributed by atoms with Crippen molar-refractivity contribution in [3.05, 3.63) is 47.3 Å². The van der Waals surface area contributed by atoms with E-state index in [9.17, 15) is 9.90 Å². The highest BCUT2D eigenvalue weighted by Crippen LogP contribution is 2.38. The molecule has 3 rings (SSSR count). The lowest BCUT2D eigenvalue weighted by Crippen LogP contribution is -2.03. The third-order valence-corrected chi connectivity index (χ3v) is 3.12. The summed E-state index contributed by atoms with van der Waals surface area (Å²) in [6, 6.07) is 7.06. The zero-order chi connectivity index (χ0) is 12.7. The van der Waals surface area contributed by atoms with E-state index in [2.05, 4.69) is 10.3 Å². The van der Waals surface area contributed by atoms with E-state index >= 15 is 0 Å². The molecule has 2 heterocycles. The van der Waals surface area contributed by atoms with Gasteiger partial charge in [0.1, 0.15) is 5.75 Å². The van der Waals surface area contributed by atoms with E-state index in [0.29, 0.717) is 11.1 Å². The van der Waals surface area contributed by atoms with E-state index in [0.717, 1.165) is 16.9 Å². The van der Waals surface area contributed by atoms with Gasteiger partial charge in [-0.25, -0.2) is 0 Å². The number of carbonyl (C=O) groups excluding carboxylic acids is 1. The van der Waals surface area contributed by atoms with Crippen LogP contribution in [0.4, 0.5) is 5.69 Å². The first-order valence-corrected chi connectivity index (χ1v) is 5.66. The molecule has 0 spiro atoms. The Hall–Kier alpha value is -2.49. The molecule has 0 fully saturated rings. The first-order valence-electron chi connectivity index (χ1n) is 5.66. The summed E-state index contributed by atoms with van der Waals surface area (Å²) in [5.74, 6) is 0.0518. The Morgan fingerprint density at radius 3 is 2.83 bits per heavy atom. The minimum absolute atomic E-state index is 0.145. The van der Waals surface area contributed by atoms with Crippen molar-refractivity contribution in [2.24, 2.45) is 0 Å². The van der Waals surface area contributed by atoms with Crippen molar-refractivity contribution in [3.63, 3.8) is 0 Å². The molecular weight excluding hydrogens is 228 g/mol. The number of rotatable bonds is 1. The predicted octanol–water partition coefficient (Wildman–Crippen LogP) is 2.52. The number of benzene rings is 1. The van der Waals surface area contributed by atoms with Gasteiger partial charge in [-0.15, -0.1) is 0 Å². The molecule has 4 heteroatoms. The maximum absolute atomic E-state index is 11.9. The molecule has 1 aromatic heterocycles. The number of fused-ring (bicyclic) bond motifs is 1. The van der Waals surface area contributed by atoms with Crippen LogP contribution in [-0.2, 0) is 4.79 Å². The van der Waals surface area contributed by atoms with Crippen LogP contribution in [0.2, 0.25) is 0 Å². The van der Waals surface area contributed by atoms with E-state index in [1.54, 1.807) is 31.3 Å². The topological polar surface area (TPSA) is 65.1 Å². The van der Waals surface area contributed by atoms with Crippen LogP contribution < -0.4 is 5.32 Å². The predicted molar refractivity (Wildman–Crippen MR) is 70.1 cm³/mol. The maximum Gasteiger partial charge on any atom is 0.256 e. The number of aromatic hydroxyl groups is 1. The summed E-state index contributed by atoms with van der Waals surface area (Å²) in [6.07, 6.45) is 3.59. The minimum atomic E-state index is -0.145. The lowest BCUT2D eigenvalue weighted by molar-refractivity contribution is -0.110. The number of phenols is 1. The summed E-state index contributed by atoms with van der Waals surface area (Å²) in [5.41, 5.74) is 3.66. The second-order valence-corrected chi connectivity index (χ2v) is 4.27. The minimum Gasteiger partial charge on any atom is -0.508 e. The fourth-order valence-electron chi connectivity index (χ4n) is 2.18. The Labute approximate surface area is 104 Å². The van der Waals surface area contributed by atoms with Crippen molar-refractivity contribution in [2.45, 2.75) is 6.92 Å². The van der Waals surface area contributed by atoms with Crippen LogP contribution in [0.15, 0.2) is 30.5 Å². The average molecular weight is 240 g/mol. The Morgan fingerprint density at radius 1 is 1.28 bits per heavy atom. The van der Waals surface area contributed by atoms with Gasteiger partial charge in [0.15, 0.2) is 0 Å². The van der Waals surface area contributed by atoms with Gasteiger partial charge in [-0.1, -0.05) is 0 Å². The van der Waals surface area contributed by atoms with Gasteiger partial charge in [-0.2, -0.15) is 0 Å². The molecule has 0 bridgehead atoms. The van der Waals surface area contributed by atoms with Crippen molar-refractivity contribution in [3.8, 4) is 5.75 Å². The number of H-pyrrole nitrogens is 1. The van der Waals surface area contributed by atoms with Crippen molar-refractivity contribution in [1.82, 2.24) is 4.98 Å². The Kier molecular flexibility index (Phi) is 2.23. The molecule has 1 aromatic carbocycles. The highest BCUT2D eigenvalue weighted by atomic mass is 16.3. The molecule has 2 aromatic rings. The molecular formula is C14H12N2O2. The fourth-order valence-corrected chi connectivity index (χ4v) is 2.18. The summed E-state index contributed by atoms with van der Waals surface area (Å²) >= 11 is 0. The number of phenolic OH excluding ortho intramolecular Hbond substituents is 1. The summed E-state index contributed by atoms with van der Waals surface area (Å²) < 4.78 is 0. The first kappa shape index (κ1) is 10.7. The SMILES string of the molecule is Cc1c(O)ccc2c1C(=Cc1ccc[nH]1)C(=O)N2. The number of carbonyl (C=O) groups is 1. The molecule has 0 aliphatic carbocycles. The standard InChI is InChI=1S/C14H12N2O2/c1-8-12(17)5-4-11-13(8)10(14(18)16-11)7-9-3-2-6-15-9/h2-7,15,17H,1H3,(H,16,18). The number of aromatic nitrogens is 1. The maximum atomic E-state index is 11.9. The smallest absolute Gasteiger partial charge is 0.256 e. The van der Waals surface area contributed by atoms with Crippen LogP contribution in [0.25, 0.3) is 11.6 Å².